The number of rotatable bonds is 16. The van der Waals surface area contributed by atoms with Gasteiger partial charge in [-0.05, 0) is 65.6 Å². The molecule has 0 saturated carbocycles. The van der Waals surface area contributed by atoms with Crippen molar-refractivity contribution >= 4 is 10.9 Å². The van der Waals surface area contributed by atoms with Crippen molar-refractivity contribution in [2.24, 2.45) is 0 Å². The van der Waals surface area contributed by atoms with E-state index in [1.165, 1.54) is 22.1 Å². The number of nitrogens with one attached hydrogen (secondary N) is 3. The molecule has 0 saturated heterocycles. The molecule has 0 bridgehead atoms. The van der Waals surface area contributed by atoms with Crippen molar-refractivity contribution in [3.05, 3.63) is 125 Å². The Balaban J connectivity index is 1.05. The molecular weight excluding hydrogens is 574 g/mol. The molecule has 9 heteroatoms. The lowest BCUT2D eigenvalue weighted by Gasteiger charge is -2.34. The molecule has 0 spiro atoms. The van der Waals surface area contributed by atoms with Crippen molar-refractivity contribution < 1.29 is 9.84 Å². The van der Waals surface area contributed by atoms with Crippen LogP contribution in [0.5, 0.6) is 5.75 Å². The molecule has 0 amide bonds. The molecule has 240 valence electrons. The van der Waals surface area contributed by atoms with Crippen LogP contribution in [0.2, 0.25) is 0 Å². The number of benzene rings is 2. The molecule has 9 nitrogen and oxygen atoms in total. The second kappa shape index (κ2) is 15.9. The summed E-state index contributed by atoms with van der Waals surface area (Å²) in [6, 6.07) is 27.1. The predicted octanol–water partition coefficient (Wildman–Crippen LogP) is 4.44. The van der Waals surface area contributed by atoms with E-state index in [2.05, 4.69) is 83.9 Å². The van der Waals surface area contributed by atoms with E-state index >= 15 is 0 Å². The normalized spacial score (nSPS) is 15.0. The molecule has 4 heterocycles. The van der Waals surface area contributed by atoms with E-state index in [0.29, 0.717) is 0 Å². The zero-order valence-corrected chi connectivity index (χ0v) is 26.7. The van der Waals surface area contributed by atoms with Crippen molar-refractivity contribution in [2.75, 3.05) is 46.4 Å². The number of fused-ring (bicyclic) bond motifs is 3. The van der Waals surface area contributed by atoms with Crippen LogP contribution in [0.1, 0.15) is 39.8 Å². The molecule has 0 fully saturated rings. The van der Waals surface area contributed by atoms with Crippen LogP contribution in [-0.2, 0) is 32.6 Å². The maximum Gasteiger partial charge on any atom is 0.119 e. The molecule has 46 heavy (non-hydrogen) atoms. The minimum atomic E-state index is -0.0607. The summed E-state index contributed by atoms with van der Waals surface area (Å²) >= 11 is 0. The number of aromatic nitrogens is 3. The Labute approximate surface area is 271 Å². The largest absolute Gasteiger partial charge is 0.497 e. The number of methoxy groups -OCH3 is 1. The quantitative estimate of drug-likeness (QED) is 0.120. The number of pyridine rings is 2. The summed E-state index contributed by atoms with van der Waals surface area (Å²) in [4.78, 5) is 17.3. The average molecular weight is 620 g/mol. The standard InChI is InChI=1S/C37H45N7O2/c1-46-32-12-13-35-34(22-32)33-14-19-44(36(27-45)37(33)42-35)26-29-10-8-28(9-11-29)25-43(20-17-38-23-30-6-2-4-15-40-30)21-18-39-24-31-7-3-5-16-41-31/h2-13,15-16,22,36,38-39,42,45H,14,17-21,23-27H2,1H3. The van der Waals surface area contributed by atoms with Crippen LogP contribution in [0.3, 0.4) is 0 Å². The molecule has 0 aliphatic carbocycles. The SMILES string of the molecule is COc1ccc2[nH]c3c(c2c1)CCN(Cc1ccc(CN(CCNCc2ccccn2)CCNCc2ccccn2)cc1)C3CO. The molecule has 1 unspecified atom stereocenters. The molecule has 1 aliphatic heterocycles. The number of aromatic amines is 1. The fraction of sp³-hybridized carbons (Fsp3) is 0.351. The summed E-state index contributed by atoms with van der Waals surface area (Å²) < 4.78 is 5.46. The smallest absolute Gasteiger partial charge is 0.119 e. The van der Waals surface area contributed by atoms with Crippen LogP contribution in [-0.4, -0.2) is 76.3 Å². The second-order valence-electron chi connectivity index (χ2n) is 11.9. The van der Waals surface area contributed by atoms with Crippen LogP contribution in [0.15, 0.2) is 91.3 Å². The fourth-order valence-corrected chi connectivity index (χ4v) is 6.34. The summed E-state index contributed by atoms with van der Waals surface area (Å²) in [6.07, 6.45) is 4.62. The zero-order chi connectivity index (χ0) is 31.6. The summed E-state index contributed by atoms with van der Waals surface area (Å²) in [5.74, 6) is 0.859. The summed E-state index contributed by atoms with van der Waals surface area (Å²) in [7, 11) is 1.70. The average Bonchev–Trinajstić information content (AvgIpc) is 3.48. The third-order valence-electron chi connectivity index (χ3n) is 8.83. The maximum absolute atomic E-state index is 10.5. The highest BCUT2D eigenvalue weighted by molar-refractivity contribution is 5.86. The number of aliphatic hydroxyl groups excluding tert-OH is 1. The third-order valence-corrected chi connectivity index (χ3v) is 8.83. The molecule has 2 aromatic carbocycles. The van der Waals surface area contributed by atoms with Crippen LogP contribution in [0.4, 0.5) is 0 Å². The Bertz CT molecular complexity index is 1600. The van der Waals surface area contributed by atoms with Gasteiger partial charge in [0.2, 0.25) is 0 Å². The first-order chi connectivity index (χ1) is 22.7. The Morgan fingerprint density at radius 3 is 2.17 bits per heavy atom. The fourth-order valence-electron chi connectivity index (χ4n) is 6.34. The molecule has 4 N–H and O–H groups in total. The first-order valence-electron chi connectivity index (χ1n) is 16.2. The first kappa shape index (κ1) is 31.8. The van der Waals surface area contributed by atoms with Gasteiger partial charge < -0.3 is 25.5 Å². The Morgan fingerprint density at radius 2 is 1.57 bits per heavy atom. The topological polar surface area (TPSA) is 102 Å². The Kier molecular flexibility index (Phi) is 11.0. The minimum absolute atomic E-state index is 0.0607. The van der Waals surface area contributed by atoms with Gasteiger partial charge in [-0.1, -0.05) is 36.4 Å². The van der Waals surface area contributed by atoms with Gasteiger partial charge in [-0.25, -0.2) is 0 Å². The number of ether oxygens (including phenoxy) is 1. The summed E-state index contributed by atoms with van der Waals surface area (Å²) in [5.41, 5.74) is 8.17. The molecular formula is C37H45N7O2. The van der Waals surface area contributed by atoms with Gasteiger partial charge >= 0.3 is 0 Å². The van der Waals surface area contributed by atoms with Gasteiger partial charge in [-0.2, -0.15) is 0 Å². The number of hydrogen-bond acceptors (Lipinski definition) is 8. The van der Waals surface area contributed by atoms with Gasteiger partial charge in [0.25, 0.3) is 0 Å². The number of hydrogen-bond donors (Lipinski definition) is 4. The molecule has 0 radical (unpaired) electrons. The molecule has 3 aromatic heterocycles. The van der Waals surface area contributed by atoms with Gasteiger partial charge in [0.15, 0.2) is 0 Å². The van der Waals surface area contributed by atoms with Crippen molar-refractivity contribution in [3.8, 4) is 5.75 Å². The highest BCUT2D eigenvalue weighted by Gasteiger charge is 2.30. The summed E-state index contributed by atoms with van der Waals surface area (Å²) in [5, 5.41) is 18.7. The van der Waals surface area contributed by atoms with Crippen LogP contribution >= 0.6 is 0 Å². The third kappa shape index (κ3) is 8.17. The maximum atomic E-state index is 10.5. The Hall–Kier alpha value is -4.12. The summed E-state index contributed by atoms with van der Waals surface area (Å²) in [6.45, 7) is 7.81. The monoisotopic (exact) mass is 619 g/mol. The number of aliphatic hydroxyl groups is 1. The highest BCUT2D eigenvalue weighted by Crippen LogP contribution is 2.36. The van der Waals surface area contributed by atoms with E-state index in [4.69, 9.17) is 4.74 Å². The first-order valence-corrected chi connectivity index (χ1v) is 16.2. The lowest BCUT2D eigenvalue weighted by Crippen LogP contribution is -2.37. The van der Waals surface area contributed by atoms with Crippen molar-refractivity contribution in [1.82, 2.24) is 35.4 Å². The molecule has 1 atom stereocenters. The minimum Gasteiger partial charge on any atom is -0.497 e. The van der Waals surface area contributed by atoms with Gasteiger partial charge in [0.05, 0.1) is 31.1 Å². The van der Waals surface area contributed by atoms with E-state index in [0.717, 1.165) is 93.7 Å². The molecule has 1 aliphatic rings. The lowest BCUT2D eigenvalue weighted by molar-refractivity contribution is 0.106. The van der Waals surface area contributed by atoms with Gasteiger partial charge in [0, 0.05) is 87.9 Å². The van der Waals surface area contributed by atoms with Crippen LogP contribution in [0.25, 0.3) is 10.9 Å². The van der Waals surface area contributed by atoms with E-state index in [9.17, 15) is 5.11 Å². The van der Waals surface area contributed by atoms with Crippen molar-refractivity contribution in [1.29, 1.82) is 0 Å². The lowest BCUT2D eigenvalue weighted by atomic mass is 9.97. The van der Waals surface area contributed by atoms with Crippen LogP contribution < -0.4 is 15.4 Å². The zero-order valence-electron chi connectivity index (χ0n) is 26.7. The highest BCUT2D eigenvalue weighted by atomic mass is 16.5. The Morgan fingerprint density at radius 1 is 0.891 bits per heavy atom. The molecule has 6 rings (SSSR count). The van der Waals surface area contributed by atoms with E-state index in [1.54, 1.807) is 7.11 Å². The van der Waals surface area contributed by atoms with Gasteiger partial charge in [-0.3, -0.25) is 19.8 Å². The number of nitrogens with zero attached hydrogens (tertiary/aromatic N) is 4. The van der Waals surface area contributed by atoms with Gasteiger partial charge in [-0.15, -0.1) is 0 Å². The van der Waals surface area contributed by atoms with E-state index in [1.807, 2.05) is 42.7 Å². The van der Waals surface area contributed by atoms with Gasteiger partial charge in [0.1, 0.15) is 5.75 Å². The van der Waals surface area contributed by atoms with Crippen molar-refractivity contribution in [2.45, 2.75) is 38.6 Å². The van der Waals surface area contributed by atoms with E-state index in [-0.39, 0.29) is 12.6 Å². The molecule has 5 aromatic rings. The number of H-pyrrole nitrogens is 1. The predicted molar refractivity (Wildman–Crippen MR) is 182 cm³/mol. The second-order valence-corrected chi connectivity index (χ2v) is 11.9. The van der Waals surface area contributed by atoms with Crippen molar-refractivity contribution in [3.63, 3.8) is 0 Å². The van der Waals surface area contributed by atoms with E-state index < -0.39 is 0 Å². The van der Waals surface area contributed by atoms with Crippen LogP contribution in [0, 0.1) is 0 Å².